The highest BCUT2D eigenvalue weighted by atomic mass is 16.5. The molecule has 22 heavy (non-hydrogen) atoms. The first-order chi connectivity index (χ1) is 10.7. The molecule has 0 bridgehead atoms. The maximum Gasteiger partial charge on any atom is 0.118 e. The number of imidazole rings is 1. The summed E-state index contributed by atoms with van der Waals surface area (Å²) in [5, 5.41) is 0. The van der Waals surface area contributed by atoms with E-state index in [1.807, 2.05) is 19.1 Å². The van der Waals surface area contributed by atoms with E-state index in [1.54, 1.807) is 7.11 Å². The van der Waals surface area contributed by atoms with Crippen molar-refractivity contribution in [2.45, 2.75) is 26.4 Å². The van der Waals surface area contributed by atoms with Crippen molar-refractivity contribution in [3.8, 4) is 5.75 Å². The minimum atomic E-state index is 0.260. The number of aromatic amines is 1. The molecule has 2 aromatic rings. The van der Waals surface area contributed by atoms with E-state index in [0.29, 0.717) is 0 Å². The smallest absolute Gasteiger partial charge is 0.118 e. The van der Waals surface area contributed by atoms with Gasteiger partial charge in [-0.1, -0.05) is 12.1 Å². The summed E-state index contributed by atoms with van der Waals surface area (Å²) in [4.78, 5) is 10.3. The third kappa shape index (κ3) is 3.15. The third-order valence-electron chi connectivity index (χ3n) is 4.20. The lowest BCUT2D eigenvalue weighted by Gasteiger charge is -2.35. The van der Waals surface area contributed by atoms with Gasteiger partial charge in [0, 0.05) is 18.8 Å². The number of morpholine rings is 1. The van der Waals surface area contributed by atoms with Crippen LogP contribution >= 0.6 is 0 Å². The van der Waals surface area contributed by atoms with Crippen LogP contribution in [-0.2, 0) is 11.3 Å². The lowest BCUT2D eigenvalue weighted by molar-refractivity contribution is -0.0133. The van der Waals surface area contributed by atoms with E-state index in [1.165, 1.54) is 5.56 Å². The second-order valence-electron chi connectivity index (χ2n) is 5.73. The Balaban J connectivity index is 1.79. The molecule has 0 aliphatic carbocycles. The van der Waals surface area contributed by atoms with Crippen LogP contribution in [0.15, 0.2) is 24.3 Å². The van der Waals surface area contributed by atoms with Crippen LogP contribution in [0.4, 0.5) is 0 Å². The van der Waals surface area contributed by atoms with Crippen LogP contribution in [-0.4, -0.2) is 41.7 Å². The molecule has 1 saturated heterocycles. The van der Waals surface area contributed by atoms with Gasteiger partial charge in [-0.05, 0) is 31.5 Å². The molecule has 0 unspecified atom stereocenters. The van der Waals surface area contributed by atoms with Gasteiger partial charge in [-0.2, -0.15) is 0 Å². The van der Waals surface area contributed by atoms with Crippen LogP contribution in [0, 0.1) is 13.8 Å². The van der Waals surface area contributed by atoms with E-state index < -0.39 is 0 Å². The van der Waals surface area contributed by atoms with Gasteiger partial charge >= 0.3 is 0 Å². The summed E-state index contributed by atoms with van der Waals surface area (Å²) in [6, 6.07) is 8.51. The minimum absolute atomic E-state index is 0.260. The minimum Gasteiger partial charge on any atom is -0.497 e. The van der Waals surface area contributed by atoms with Crippen LogP contribution in [0.3, 0.4) is 0 Å². The predicted octanol–water partition coefficient (Wildman–Crippen LogP) is 2.61. The number of rotatable bonds is 4. The molecule has 1 aromatic heterocycles. The topological polar surface area (TPSA) is 50.4 Å². The molecule has 0 radical (unpaired) electrons. The number of H-pyrrole nitrogens is 1. The Morgan fingerprint density at radius 3 is 2.73 bits per heavy atom. The molecule has 1 aliphatic heterocycles. The summed E-state index contributed by atoms with van der Waals surface area (Å²) < 4.78 is 10.9. The number of nitrogens with zero attached hydrogens (tertiary/aromatic N) is 2. The van der Waals surface area contributed by atoms with Crippen molar-refractivity contribution in [1.82, 2.24) is 14.9 Å². The Morgan fingerprint density at radius 2 is 2.09 bits per heavy atom. The first kappa shape index (κ1) is 15.1. The van der Waals surface area contributed by atoms with Gasteiger partial charge in [-0.25, -0.2) is 4.98 Å². The van der Waals surface area contributed by atoms with E-state index >= 15 is 0 Å². The van der Waals surface area contributed by atoms with Gasteiger partial charge in [0.2, 0.25) is 0 Å². The van der Waals surface area contributed by atoms with Crippen LogP contribution in [0.2, 0.25) is 0 Å². The monoisotopic (exact) mass is 301 g/mol. The molecule has 1 aromatic carbocycles. The van der Waals surface area contributed by atoms with E-state index in [9.17, 15) is 0 Å². The standard InChI is InChI=1S/C17H23N3O2/c1-12-16(19-13(2)18-12)10-20-8-9-22-11-17(20)14-4-6-15(21-3)7-5-14/h4-7,17H,8-11H2,1-3H3,(H,18,19)/t17-/m0/s1. The fraction of sp³-hybridized carbons (Fsp3) is 0.471. The third-order valence-corrected chi connectivity index (χ3v) is 4.20. The van der Waals surface area contributed by atoms with E-state index in [2.05, 4.69) is 33.9 Å². The maximum atomic E-state index is 5.70. The molecule has 2 heterocycles. The van der Waals surface area contributed by atoms with Gasteiger partial charge in [-0.3, -0.25) is 4.90 Å². The normalized spacial score (nSPS) is 19.3. The van der Waals surface area contributed by atoms with E-state index in [0.717, 1.165) is 49.3 Å². The number of nitrogens with one attached hydrogen (secondary N) is 1. The molecule has 3 rings (SSSR count). The zero-order chi connectivity index (χ0) is 15.5. The largest absolute Gasteiger partial charge is 0.497 e. The average Bonchev–Trinajstić information content (AvgIpc) is 2.86. The summed E-state index contributed by atoms with van der Waals surface area (Å²) in [7, 11) is 1.69. The number of aromatic nitrogens is 2. The Kier molecular flexibility index (Phi) is 4.45. The Hall–Kier alpha value is -1.85. The van der Waals surface area contributed by atoms with Crippen molar-refractivity contribution in [3.05, 3.63) is 47.0 Å². The van der Waals surface area contributed by atoms with Crippen LogP contribution < -0.4 is 4.74 Å². The molecule has 5 heteroatoms. The fourth-order valence-electron chi connectivity index (χ4n) is 2.96. The Morgan fingerprint density at radius 1 is 1.32 bits per heavy atom. The molecule has 118 valence electrons. The first-order valence-electron chi connectivity index (χ1n) is 7.65. The molecule has 0 saturated carbocycles. The van der Waals surface area contributed by atoms with Crippen LogP contribution in [0.25, 0.3) is 0 Å². The molecule has 1 fully saturated rings. The fourth-order valence-corrected chi connectivity index (χ4v) is 2.96. The maximum absolute atomic E-state index is 5.70. The van der Waals surface area contributed by atoms with Crippen LogP contribution in [0.1, 0.15) is 28.8 Å². The summed E-state index contributed by atoms with van der Waals surface area (Å²) in [5.41, 5.74) is 3.53. The lowest BCUT2D eigenvalue weighted by atomic mass is 10.0. The SMILES string of the molecule is COc1ccc([C@@H]2COCCN2Cc2nc(C)[nH]c2C)cc1. The second-order valence-corrected chi connectivity index (χ2v) is 5.73. The van der Waals surface area contributed by atoms with Gasteiger partial charge < -0.3 is 14.5 Å². The number of ether oxygens (including phenoxy) is 2. The molecule has 1 aliphatic rings. The van der Waals surface area contributed by atoms with Crippen molar-refractivity contribution in [2.75, 3.05) is 26.9 Å². The number of methoxy groups -OCH3 is 1. The van der Waals surface area contributed by atoms with Gasteiger partial charge in [0.15, 0.2) is 0 Å². The molecule has 5 nitrogen and oxygen atoms in total. The summed E-state index contributed by atoms with van der Waals surface area (Å²) in [5.74, 6) is 1.85. The van der Waals surface area contributed by atoms with Gasteiger partial charge in [0.1, 0.15) is 11.6 Å². The quantitative estimate of drug-likeness (QED) is 0.943. The van der Waals surface area contributed by atoms with Crippen molar-refractivity contribution in [2.24, 2.45) is 0 Å². The molecule has 0 amide bonds. The van der Waals surface area contributed by atoms with Crippen molar-refractivity contribution < 1.29 is 9.47 Å². The molecular weight excluding hydrogens is 278 g/mol. The lowest BCUT2D eigenvalue weighted by Crippen LogP contribution is -2.39. The summed E-state index contributed by atoms with van der Waals surface area (Å²) in [6.45, 7) is 7.33. The van der Waals surface area contributed by atoms with Crippen molar-refractivity contribution in [3.63, 3.8) is 0 Å². The van der Waals surface area contributed by atoms with E-state index in [-0.39, 0.29) is 6.04 Å². The number of hydrogen-bond acceptors (Lipinski definition) is 4. The van der Waals surface area contributed by atoms with Crippen molar-refractivity contribution in [1.29, 1.82) is 0 Å². The number of benzene rings is 1. The molecule has 1 atom stereocenters. The summed E-state index contributed by atoms with van der Waals surface area (Å²) >= 11 is 0. The molecule has 1 N–H and O–H groups in total. The van der Waals surface area contributed by atoms with Crippen LogP contribution in [0.5, 0.6) is 5.75 Å². The highest BCUT2D eigenvalue weighted by Crippen LogP contribution is 2.27. The zero-order valence-electron chi connectivity index (χ0n) is 13.4. The Labute approximate surface area is 131 Å². The molecule has 0 spiro atoms. The van der Waals surface area contributed by atoms with E-state index in [4.69, 9.17) is 9.47 Å². The van der Waals surface area contributed by atoms with Gasteiger partial charge in [0.25, 0.3) is 0 Å². The predicted molar refractivity (Wildman–Crippen MR) is 85.0 cm³/mol. The highest BCUT2D eigenvalue weighted by molar-refractivity contribution is 5.29. The Bertz CT molecular complexity index is 621. The molecular formula is C17H23N3O2. The average molecular weight is 301 g/mol. The highest BCUT2D eigenvalue weighted by Gasteiger charge is 2.25. The first-order valence-corrected chi connectivity index (χ1v) is 7.65. The zero-order valence-corrected chi connectivity index (χ0v) is 13.4. The van der Waals surface area contributed by atoms with Gasteiger partial charge in [0.05, 0.1) is 32.1 Å². The number of hydrogen-bond donors (Lipinski definition) is 1. The number of aryl methyl sites for hydroxylation is 2. The van der Waals surface area contributed by atoms with Gasteiger partial charge in [-0.15, -0.1) is 0 Å². The second kappa shape index (κ2) is 6.50. The van der Waals surface area contributed by atoms with Crippen molar-refractivity contribution >= 4 is 0 Å². The summed E-state index contributed by atoms with van der Waals surface area (Å²) in [6.07, 6.45) is 0.